The maximum atomic E-state index is 12.9. The molecule has 1 aliphatic rings. The van der Waals surface area contributed by atoms with Crippen LogP contribution < -0.4 is 14.2 Å². The number of thioether (sulfide) groups is 1. The van der Waals surface area contributed by atoms with Gasteiger partial charge in [0, 0.05) is 24.6 Å². The molecule has 1 unspecified atom stereocenters. The van der Waals surface area contributed by atoms with Gasteiger partial charge in [-0.15, -0.1) is 11.8 Å². The quantitative estimate of drug-likeness (QED) is 0.817. The van der Waals surface area contributed by atoms with Gasteiger partial charge in [0.25, 0.3) is 5.91 Å². The number of rotatable bonds is 5. The van der Waals surface area contributed by atoms with Crippen LogP contribution in [0, 0.1) is 0 Å². The summed E-state index contributed by atoms with van der Waals surface area (Å²) in [6.45, 7) is 0.689. The summed E-state index contributed by atoms with van der Waals surface area (Å²) in [5.41, 5.74) is 1.56. The summed E-state index contributed by atoms with van der Waals surface area (Å²) in [5, 5.41) is -0.0607. The van der Waals surface area contributed by atoms with Crippen molar-refractivity contribution >= 4 is 17.7 Å². The number of hydrogen-bond donors (Lipinski definition) is 0. The topological polar surface area (TPSA) is 60.9 Å². The molecule has 0 radical (unpaired) electrons. The van der Waals surface area contributed by atoms with Crippen molar-refractivity contribution in [3.63, 3.8) is 0 Å². The van der Waals surface area contributed by atoms with Crippen molar-refractivity contribution < 1.29 is 19.0 Å². The highest BCUT2D eigenvalue weighted by Gasteiger charge is 2.32. The third-order valence-corrected chi connectivity index (χ3v) is 5.30. The molecule has 0 spiro atoms. The van der Waals surface area contributed by atoms with Crippen LogP contribution >= 0.6 is 11.8 Å². The van der Waals surface area contributed by atoms with Crippen LogP contribution in [0.1, 0.15) is 21.3 Å². The first-order chi connectivity index (χ1) is 12.2. The van der Waals surface area contributed by atoms with Crippen molar-refractivity contribution in [3.8, 4) is 17.4 Å². The highest BCUT2D eigenvalue weighted by molar-refractivity contribution is 7.99. The lowest BCUT2D eigenvalue weighted by atomic mass is 10.1. The van der Waals surface area contributed by atoms with Crippen molar-refractivity contribution in [1.29, 1.82) is 0 Å². The van der Waals surface area contributed by atoms with Gasteiger partial charge in [-0.3, -0.25) is 4.79 Å². The summed E-state index contributed by atoms with van der Waals surface area (Å²) in [4.78, 5) is 18.9. The van der Waals surface area contributed by atoms with Crippen molar-refractivity contribution in [3.05, 3.63) is 47.7 Å². The molecular weight excluding hydrogens is 340 g/mol. The Hall–Kier alpha value is -2.41. The second-order valence-electron chi connectivity index (χ2n) is 5.43. The van der Waals surface area contributed by atoms with E-state index in [-0.39, 0.29) is 11.3 Å². The highest BCUT2D eigenvalue weighted by Crippen LogP contribution is 2.41. The van der Waals surface area contributed by atoms with E-state index in [0.29, 0.717) is 29.5 Å². The molecule has 1 amide bonds. The Kier molecular flexibility index (Phi) is 5.33. The van der Waals surface area contributed by atoms with Crippen LogP contribution in [0.5, 0.6) is 17.4 Å². The fourth-order valence-electron chi connectivity index (χ4n) is 2.75. The molecule has 25 heavy (non-hydrogen) atoms. The van der Waals surface area contributed by atoms with Crippen LogP contribution in [0.2, 0.25) is 0 Å². The smallest absolute Gasteiger partial charge is 0.256 e. The fraction of sp³-hybridized carbons (Fsp3) is 0.333. The zero-order valence-electron chi connectivity index (χ0n) is 14.4. The van der Waals surface area contributed by atoms with Gasteiger partial charge < -0.3 is 19.1 Å². The van der Waals surface area contributed by atoms with E-state index < -0.39 is 0 Å². The van der Waals surface area contributed by atoms with Gasteiger partial charge in [-0.1, -0.05) is 6.07 Å². The number of methoxy groups -OCH3 is 3. The molecule has 1 fully saturated rings. The van der Waals surface area contributed by atoms with Gasteiger partial charge in [-0.25, -0.2) is 4.98 Å². The summed E-state index contributed by atoms with van der Waals surface area (Å²) < 4.78 is 15.7. The lowest BCUT2D eigenvalue weighted by Gasteiger charge is -2.24. The molecule has 132 valence electrons. The van der Waals surface area contributed by atoms with Crippen molar-refractivity contribution in [1.82, 2.24) is 9.88 Å². The number of carbonyl (C=O) groups excluding carboxylic acids is 1. The van der Waals surface area contributed by atoms with Crippen molar-refractivity contribution in [2.45, 2.75) is 5.37 Å². The first-order valence-corrected chi connectivity index (χ1v) is 8.87. The van der Waals surface area contributed by atoms with E-state index in [0.717, 1.165) is 11.3 Å². The van der Waals surface area contributed by atoms with Crippen LogP contribution in [-0.2, 0) is 0 Å². The van der Waals surface area contributed by atoms with Crippen LogP contribution in [0.3, 0.4) is 0 Å². The zero-order valence-corrected chi connectivity index (χ0v) is 15.2. The van der Waals surface area contributed by atoms with Crippen LogP contribution in [-0.4, -0.2) is 49.4 Å². The summed E-state index contributed by atoms with van der Waals surface area (Å²) in [6.07, 6.45) is 1.55. The Morgan fingerprint density at radius 1 is 1.12 bits per heavy atom. The van der Waals surface area contributed by atoms with E-state index in [9.17, 15) is 4.79 Å². The lowest BCUT2D eigenvalue weighted by Crippen LogP contribution is -2.30. The third kappa shape index (κ3) is 3.51. The summed E-state index contributed by atoms with van der Waals surface area (Å²) in [6, 6.07) is 9.20. The van der Waals surface area contributed by atoms with Gasteiger partial charge in [0.2, 0.25) is 5.88 Å². The summed E-state index contributed by atoms with van der Waals surface area (Å²) in [5.74, 6) is 2.66. The van der Waals surface area contributed by atoms with Gasteiger partial charge in [0.1, 0.15) is 5.37 Å². The molecule has 0 aliphatic carbocycles. The van der Waals surface area contributed by atoms with Gasteiger partial charge in [0.15, 0.2) is 11.5 Å². The second-order valence-corrected chi connectivity index (χ2v) is 6.61. The molecule has 0 saturated carbocycles. The zero-order chi connectivity index (χ0) is 17.8. The van der Waals surface area contributed by atoms with Gasteiger partial charge >= 0.3 is 0 Å². The monoisotopic (exact) mass is 360 g/mol. The van der Waals surface area contributed by atoms with E-state index >= 15 is 0 Å². The van der Waals surface area contributed by atoms with E-state index in [2.05, 4.69) is 4.98 Å². The Labute approximate surface area is 151 Å². The molecule has 2 aromatic rings. The predicted molar refractivity (Wildman–Crippen MR) is 96.6 cm³/mol. The van der Waals surface area contributed by atoms with E-state index in [1.807, 2.05) is 23.1 Å². The average molecular weight is 360 g/mol. The molecule has 1 saturated heterocycles. The van der Waals surface area contributed by atoms with E-state index in [1.54, 1.807) is 51.4 Å². The minimum absolute atomic E-state index is 0.0417. The highest BCUT2D eigenvalue weighted by atomic mass is 32.2. The standard InChI is InChI=1S/C18H20N2O4S/c1-22-14-6-4-12(10-15(14)23-2)18-20(8-9-25-18)17(21)13-5-7-16(24-3)19-11-13/h4-7,10-11,18H,8-9H2,1-3H3. The number of aromatic nitrogens is 1. The third-order valence-electron chi connectivity index (χ3n) is 4.04. The maximum absolute atomic E-state index is 12.9. The predicted octanol–water partition coefficient (Wildman–Crippen LogP) is 3.00. The Bertz CT molecular complexity index is 751. The van der Waals surface area contributed by atoms with Crippen molar-refractivity contribution in [2.24, 2.45) is 0 Å². The average Bonchev–Trinajstić information content (AvgIpc) is 3.16. The Morgan fingerprint density at radius 3 is 2.56 bits per heavy atom. The minimum atomic E-state index is -0.0607. The van der Waals surface area contributed by atoms with Gasteiger partial charge in [-0.05, 0) is 23.8 Å². The molecule has 1 aromatic carbocycles. The Morgan fingerprint density at radius 2 is 1.92 bits per heavy atom. The van der Waals surface area contributed by atoms with Gasteiger partial charge in [-0.2, -0.15) is 0 Å². The fourth-order valence-corrected chi connectivity index (χ4v) is 4.00. The van der Waals surface area contributed by atoms with Crippen LogP contribution in [0.4, 0.5) is 0 Å². The molecule has 1 aliphatic heterocycles. The summed E-state index contributed by atoms with van der Waals surface area (Å²) in [7, 11) is 4.76. The van der Waals surface area contributed by atoms with E-state index in [1.165, 1.54) is 0 Å². The SMILES string of the molecule is COc1ccc(C(=O)N2CCSC2c2ccc(OC)c(OC)c2)cn1. The first kappa shape index (κ1) is 17.4. The number of nitrogens with zero attached hydrogens (tertiary/aromatic N) is 2. The molecule has 7 heteroatoms. The number of amides is 1. The minimum Gasteiger partial charge on any atom is -0.493 e. The second kappa shape index (κ2) is 7.65. The molecular formula is C18H20N2O4S. The molecule has 0 N–H and O–H groups in total. The molecule has 2 heterocycles. The molecule has 3 rings (SSSR count). The van der Waals surface area contributed by atoms with Crippen LogP contribution in [0.25, 0.3) is 0 Å². The number of hydrogen-bond acceptors (Lipinski definition) is 6. The largest absolute Gasteiger partial charge is 0.493 e. The number of benzene rings is 1. The lowest BCUT2D eigenvalue weighted by molar-refractivity contribution is 0.0759. The Balaban J connectivity index is 1.85. The number of carbonyl (C=O) groups is 1. The maximum Gasteiger partial charge on any atom is 0.256 e. The first-order valence-electron chi connectivity index (χ1n) is 7.82. The molecule has 1 aromatic heterocycles. The van der Waals surface area contributed by atoms with Crippen molar-refractivity contribution in [2.75, 3.05) is 33.6 Å². The molecule has 6 nitrogen and oxygen atoms in total. The number of ether oxygens (including phenoxy) is 3. The number of pyridine rings is 1. The molecule has 0 bridgehead atoms. The molecule has 1 atom stereocenters. The van der Waals surface area contributed by atoms with Crippen LogP contribution in [0.15, 0.2) is 36.5 Å². The normalized spacial score (nSPS) is 16.6. The summed E-state index contributed by atoms with van der Waals surface area (Å²) >= 11 is 1.73. The van der Waals surface area contributed by atoms with E-state index in [4.69, 9.17) is 14.2 Å². The van der Waals surface area contributed by atoms with Gasteiger partial charge in [0.05, 0.1) is 26.9 Å².